The lowest BCUT2D eigenvalue weighted by Crippen LogP contribution is -2.43. The van der Waals surface area contributed by atoms with Crippen molar-refractivity contribution >= 4 is 6.34 Å². The van der Waals surface area contributed by atoms with E-state index in [9.17, 15) is 0 Å². The zero-order valence-electron chi connectivity index (χ0n) is 8.30. The predicted octanol–water partition coefficient (Wildman–Crippen LogP) is 1.13. The predicted molar refractivity (Wildman–Crippen MR) is 56.4 cm³/mol. The van der Waals surface area contributed by atoms with Crippen molar-refractivity contribution in [2.75, 3.05) is 19.7 Å². The summed E-state index contributed by atoms with van der Waals surface area (Å²) in [6.07, 6.45) is 1.80. The van der Waals surface area contributed by atoms with Crippen LogP contribution in [0.1, 0.15) is 0 Å². The Morgan fingerprint density at radius 3 is 2.93 bits per heavy atom. The summed E-state index contributed by atoms with van der Waals surface area (Å²) in [5.41, 5.74) is 0. The topological polar surface area (TPSA) is 34.1 Å². The Balaban J connectivity index is 1.79. The van der Waals surface area contributed by atoms with Gasteiger partial charge in [-0.15, -0.1) is 0 Å². The third-order valence-electron chi connectivity index (χ3n) is 2.58. The third-order valence-corrected chi connectivity index (χ3v) is 2.58. The number of nitrogens with zero attached hydrogens (tertiary/aromatic N) is 2. The second kappa shape index (κ2) is 3.46. The van der Waals surface area contributed by atoms with Crippen molar-refractivity contribution in [2.24, 2.45) is 4.99 Å². The van der Waals surface area contributed by atoms with Gasteiger partial charge in [-0.2, -0.15) is 0 Å². The minimum Gasteiger partial charge on any atom is -0.484 e. The maximum atomic E-state index is 5.83. The second-order valence-electron chi connectivity index (χ2n) is 3.59. The molecule has 3 rings (SSSR count). The largest absolute Gasteiger partial charge is 0.484 e. The van der Waals surface area contributed by atoms with E-state index < -0.39 is 0 Å². The van der Waals surface area contributed by atoms with Crippen molar-refractivity contribution in [3.8, 4) is 11.5 Å². The average Bonchev–Trinajstić information content (AvgIpc) is 2.82. The molecule has 2 heterocycles. The van der Waals surface area contributed by atoms with Gasteiger partial charge < -0.3 is 14.4 Å². The molecule has 1 unspecified atom stereocenters. The minimum absolute atomic E-state index is 0.0360. The fraction of sp³-hybridized carbons (Fsp3) is 0.364. The number of benzene rings is 1. The molecule has 0 bridgehead atoms. The van der Waals surface area contributed by atoms with Gasteiger partial charge in [-0.3, -0.25) is 4.99 Å². The monoisotopic (exact) mass is 204 g/mol. The molecule has 4 heteroatoms. The van der Waals surface area contributed by atoms with Crippen molar-refractivity contribution in [2.45, 2.75) is 6.23 Å². The van der Waals surface area contributed by atoms with Gasteiger partial charge in [-0.25, -0.2) is 0 Å². The summed E-state index contributed by atoms with van der Waals surface area (Å²) in [6.45, 7) is 2.32. The fourth-order valence-corrected chi connectivity index (χ4v) is 1.78. The van der Waals surface area contributed by atoms with Crippen LogP contribution in [0.2, 0.25) is 0 Å². The second-order valence-corrected chi connectivity index (χ2v) is 3.59. The van der Waals surface area contributed by atoms with Gasteiger partial charge in [0.05, 0.1) is 12.9 Å². The van der Waals surface area contributed by atoms with E-state index in [-0.39, 0.29) is 6.23 Å². The Labute approximate surface area is 88.1 Å². The van der Waals surface area contributed by atoms with E-state index in [1.54, 1.807) is 0 Å². The Morgan fingerprint density at radius 2 is 2.13 bits per heavy atom. The maximum absolute atomic E-state index is 5.83. The highest BCUT2D eigenvalue weighted by molar-refractivity contribution is 5.57. The number of fused-ring (bicyclic) bond motifs is 1. The van der Waals surface area contributed by atoms with Gasteiger partial charge in [0.25, 0.3) is 0 Å². The number of ether oxygens (including phenoxy) is 2. The van der Waals surface area contributed by atoms with E-state index in [0.29, 0.717) is 6.61 Å². The Hall–Kier alpha value is -1.71. The minimum atomic E-state index is -0.0360. The highest BCUT2D eigenvalue weighted by atomic mass is 16.6. The molecule has 0 saturated heterocycles. The Morgan fingerprint density at radius 1 is 1.27 bits per heavy atom. The lowest BCUT2D eigenvalue weighted by Gasteiger charge is -2.31. The van der Waals surface area contributed by atoms with Crippen molar-refractivity contribution in [1.82, 2.24) is 4.90 Å². The lowest BCUT2D eigenvalue weighted by molar-refractivity contribution is 0.0149. The maximum Gasteiger partial charge on any atom is 0.207 e. The third kappa shape index (κ3) is 1.52. The number of aliphatic imine (C=N–C) groups is 1. The lowest BCUT2D eigenvalue weighted by atomic mass is 10.3. The number of hydrogen-bond donors (Lipinski definition) is 0. The molecular weight excluding hydrogens is 192 g/mol. The molecule has 4 nitrogen and oxygen atoms in total. The Kier molecular flexibility index (Phi) is 1.98. The molecule has 0 aliphatic carbocycles. The zero-order valence-corrected chi connectivity index (χ0v) is 8.30. The normalized spacial score (nSPS) is 23.2. The van der Waals surface area contributed by atoms with E-state index in [0.717, 1.165) is 24.6 Å². The SMILES string of the molecule is C1=NCCN1C1COc2ccccc2O1. The van der Waals surface area contributed by atoms with Crippen LogP contribution in [0.15, 0.2) is 29.3 Å². The molecule has 0 aromatic heterocycles. The summed E-state index contributed by atoms with van der Waals surface area (Å²) in [5.74, 6) is 1.64. The van der Waals surface area contributed by atoms with Gasteiger partial charge in [0, 0.05) is 6.54 Å². The van der Waals surface area contributed by atoms with Gasteiger partial charge in [-0.1, -0.05) is 12.1 Å². The summed E-state index contributed by atoms with van der Waals surface area (Å²) >= 11 is 0. The quantitative estimate of drug-likeness (QED) is 0.687. The average molecular weight is 204 g/mol. The van der Waals surface area contributed by atoms with Crippen LogP contribution in [0, 0.1) is 0 Å². The van der Waals surface area contributed by atoms with Crippen LogP contribution in [0.25, 0.3) is 0 Å². The molecule has 1 aromatic carbocycles. The van der Waals surface area contributed by atoms with Gasteiger partial charge in [-0.05, 0) is 12.1 Å². The molecule has 0 amide bonds. The molecule has 0 radical (unpaired) electrons. The zero-order chi connectivity index (χ0) is 10.1. The molecule has 2 aliphatic heterocycles. The smallest absolute Gasteiger partial charge is 0.207 e. The molecule has 78 valence electrons. The van der Waals surface area contributed by atoms with Crippen molar-refractivity contribution in [3.63, 3.8) is 0 Å². The Bertz CT molecular complexity index is 392. The van der Waals surface area contributed by atoms with Crippen molar-refractivity contribution in [3.05, 3.63) is 24.3 Å². The number of rotatable bonds is 1. The van der Waals surface area contributed by atoms with Gasteiger partial charge in [0.15, 0.2) is 11.5 Å². The highest BCUT2D eigenvalue weighted by Gasteiger charge is 2.26. The van der Waals surface area contributed by atoms with Crippen molar-refractivity contribution in [1.29, 1.82) is 0 Å². The van der Waals surface area contributed by atoms with E-state index in [2.05, 4.69) is 9.89 Å². The first-order valence-corrected chi connectivity index (χ1v) is 5.08. The summed E-state index contributed by atoms with van der Waals surface area (Å²) in [5, 5.41) is 0. The van der Waals surface area contributed by atoms with E-state index in [1.165, 1.54) is 0 Å². The van der Waals surface area contributed by atoms with Crippen LogP contribution in [-0.2, 0) is 0 Å². The number of para-hydroxylation sites is 2. The van der Waals surface area contributed by atoms with Crippen molar-refractivity contribution < 1.29 is 9.47 Å². The summed E-state index contributed by atoms with van der Waals surface area (Å²) in [4.78, 5) is 6.23. The molecule has 0 spiro atoms. The molecule has 15 heavy (non-hydrogen) atoms. The first-order chi connectivity index (χ1) is 7.43. The molecule has 1 atom stereocenters. The molecule has 1 aromatic rings. The van der Waals surface area contributed by atoms with Crippen LogP contribution in [-0.4, -0.2) is 37.2 Å². The molecular formula is C11H12N2O2. The molecule has 0 fully saturated rings. The van der Waals surface area contributed by atoms with Crippen LogP contribution in [0.5, 0.6) is 11.5 Å². The first kappa shape index (κ1) is 8.59. The molecule has 0 N–H and O–H groups in total. The molecule has 2 aliphatic rings. The van der Waals surface area contributed by atoms with E-state index in [4.69, 9.17) is 9.47 Å². The van der Waals surface area contributed by atoms with Crippen LogP contribution in [0.3, 0.4) is 0 Å². The van der Waals surface area contributed by atoms with Gasteiger partial charge in [0.1, 0.15) is 6.61 Å². The van der Waals surface area contributed by atoms with Gasteiger partial charge >= 0.3 is 0 Å². The van der Waals surface area contributed by atoms with Gasteiger partial charge in [0.2, 0.25) is 6.23 Å². The van der Waals surface area contributed by atoms with E-state index >= 15 is 0 Å². The van der Waals surface area contributed by atoms with E-state index in [1.807, 2.05) is 30.6 Å². The summed E-state index contributed by atoms with van der Waals surface area (Å²) < 4.78 is 11.4. The number of hydrogen-bond acceptors (Lipinski definition) is 4. The van der Waals surface area contributed by atoms with Crippen LogP contribution < -0.4 is 9.47 Å². The van der Waals surface area contributed by atoms with Crippen LogP contribution >= 0.6 is 0 Å². The summed E-state index contributed by atoms with van der Waals surface area (Å²) in [6, 6.07) is 7.74. The first-order valence-electron chi connectivity index (χ1n) is 5.08. The fourth-order valence-electron chi connectivity index (χ4n) is 1.78. The summed E-state index contributed by atoms with van der Waals surface area (Å²) in [7, 11) is 0. The molecule has 0 saturated carbocycles. The standard InChI is InChI=1S/C11H12N2O2/c1-2-4-10-9(3-1)14-7-11(15-10)13-6-5-12-8-13/h1-4,8,11H,5-7H2. The highest BCUT2D eigenvalue weighted by Crippen LogP contribution is 2.31. The van der Waals surface area contributed by atoms with Crippen LogP contribution in [0.4, 0.5) is 0 Å².